The summed E-state index contributed by atoms with van der Waals surface area (Å²) < 4.78 is 5.46. The molecule has 0 amide bonds. The molecule has 0 radical (unpaired) electrons. The Hall–Kier alpha value is -2.56. The molecule has 0 bridgehead atoms. The molecule has 1 heterocycles. The molecule has 2 rings (SSSR count). The fraction of sp³-hybridized carbons (Fsp3) is 0.400. The van der Waals surface area contributed by atoms with Crippen molar-refractivity contribution in [2.45, 2.75) is 40.8 Å². The lowest BCUT2D eigenvalue weighted by Crippen LogP contribution is -2.36. The average molecular weight is 340 g/mol. The average Bonchev–Trinajstić information content (AvgIpc) is 2.58. The number of guanidine groups is 1. The number of methoxy groups -OCH3 is 1. The van der Waals surface area contributed by atoms with Crippen molar-refractivity contribution in [3.63, 3.8) is 0 Å². The monoisotopic (exact) mass is 340 g/mol. The molecule has 0 atom stereocenters. The Balaban J connectivity index is 1.99. The standard InChI is InChI=1S/C20H28N4O/c1-13-7-8-17(14(2)9-13)11-23-20(21-5)24-12-18-16(4)19(25-6)15(3)10-22-18/h7-10H,11-12H2,1-6H3,(H2,21,23,24). The third-order valence-corrected chi connectivity index (χ3v) is 4.34. The number of hydrogen-bond donors (Lipinski definition) is 2. The smallest absolute Gasteiger partial charge is 0.191 e. The normalized spacial score (nSPS) is 11.4. The summed E-state index contributed by atoms with van der Waals surface area (Å²) in [7, 11) is 3.46. The van der Waals surface area contributed by atoms with Crippen LogP contribution in [-0.2, 0) is 13.1 Å². The van der Waals surface area contributed by atoms with Crippen LogP contribution in [0, 0.1) is 27.7 Å². The number of aliphatic imine (C=N–C) groups is 1. The van der Waals surface area contributed by atoms with Crippen molar-refractivity contribution in [3.05, 3.63) is 57.9 Å². The maximum absolute atomic E-state index is 5.46. The van der Waals surface area contributed by atoms with Gasteiger partial charge in [0.25, 0.3) is 0 Å². The van der Waals surface area contributed by atoms with Crippen LogP contribution in [-0.4, -0.2) is 25.1 Å². The number of nitrogens with zero attached hydrogens (tertiary/aromatic N) is 2. The van der Waals surface area contributed by atoms with Gasteiger partial charge in [0.1, 0.15) is 5.75 Å². The number of nitrogens with one attached hydrogen (secondary N) is 2. The summed E-state index contributed by atoms with van der Waals surface area (Å²) in [6.07, 6.45) is 1.84. The predicted octanol–water partition coefficient (Wildman–Crippen LogP) is 3.19. The van der Waals surface area contributed by atoms with Gasteiger partial charge < -0.3 is 15.4 Å². The van der Waals surface area contributed by atoms with Gasteiger partial charge in [0.05, 0.1) is 19.3 Å². The molecule has 0 aliphatic heterocycles. The minimum absolute atomic E-state index is 0.592. The van der Waals surface area contributed by atoms with Crippen molar-refractivity contribution in [3.8, 4) is 5.75 Å². The molecule has 5 heteroatoms. The van der Waals surface area contributed by atoms with Gasteiger partial charge in [-0.2, -0.15) is 0 Å². The molecule has 1 aromatic carbocycles. The molecular weight excluding hydrogens is 312 g/mol. The number of aryl methyl sites for hydroxylation is 3. The van der Waals surface area contributed by atoms with Gasteiger partial charge >= 0.3 is 0 Å². The van der Waals surface area contributed by atoms with E-state index in [1.54, 1.807) is 14.2 Å². The molecular formula is C20H28N4O. The molecule has 2 aromatic rings. The number of aromatic nitrogens is 1. The first kappa shape index (κ1) is 18.8. The van der Waals surface area contributed by atoms with Gasteiger partial charge in [0.2, 0.25) is 0 Å². The Morgan fingerprint density at radius 1 is 1.08 bits per heavy atom. The minimum atomic E-state index is 0.592. The van der Waals surface area contributed by atoms with Crippen LogP contribution < -0.4 is 15.4 Å². The lowest BCUT2D eigenvalue weighted by atomic mass is 10.1. The number of rotatable bonds is 5. The second kappa shape index (κ2) is 8.51. The van der Waals surface area contributed by atoms with Crippen molar-refractivity contribution >= 4 is 5.96 Å². The van der Waals surface area contributed by atoms with E-state index in [4.69, 9.17) is 4.74 Å². The predicted molar refractivity (Wildman–Crippen MR) is 103 cm³/mol. The van der Waals surface area contributed by atoms with E-state index >= 15 is 0 Å². The van der Waals surface area contributed by atoms with Crippen LogP contribution in [0.5, 0.6) is 5.75 Å². The van der Waals surface area contributed by atoms with Crippen LogP contribution in [0.15, 0.2) is 29.4 Å². The molecule has 0 aliphatic rings. The molecule has 0 aliphatic carbocycles. The van der Waals surface area contributed by atoms with Gasteiger partial charge in [0.15, 0.2) is 5.96 Å². The largest absolute Gasteiger partial charge is 0.496 e. The van der Waals surface area contributed by atoms with Gasteiger partial charge in [-0.15, -0.1) is 0 Å². The molecule has 2 N–H and O–H groups in total. The summed E-state index contributed by atoms with van der Waals surface area (Å²) in [5.74, 6) is 1.64. The fourth-order valence-electron chi connectivity index (χ4n) is 2.86. The van der Waals surface area contributed by atoms with E-state index in [0.717, 1.165) is 35.1 Å². The lowest BCUT2D eigenvalue weighted by molar-refractivity contribution is 0.406. The van der Waals surface area contributed by atoms with Crippen LogP contribution in [0.1, 0.15) is 33.5 Å². The van der Waals surface area contributed by atoms with Gasteiger partial charge in [-0.1, -0.05) is 23.8 Å². The SMILES string of the molecule is CN=C(NCc1ccc(C)cc1C)NCc1ncc(C)c(OC)c1C. The molecule has 0 spiro atoms. The van der Waals surface area contributed by atoms with Crippen molar-refractivity contribution in [1.29, 1.82) is 0 Å². The van der Waals surface area contributed by atoms with Gasteiger partial charge in [-0.05, 0) is 38.8 Å². The summed E-state index contributed by atoms with van der Waals surface area (Å²) in [5.41, 5.74) is 6.88. The highest BCUT2D eigenvalue weighted by Gasteiger charge is 2.10. The highest BCUT2D eigenvalue weighted by Crippen LogP contribution is 2.23. The molecule has 25 heavy (non-hydrogen) atoms. The molecule has 0 fully saturated rings. The third kappa shape index (κ3) is 4.72. The van der Waals surface area contributed by atoms with Crippen LogP contribution in [0.4, 0.5) is 0 Å². The van der Waals surface area contributed by atoms with Crippen LogP contribution in [0.2, 0.25) is 0 Å². The van der Waals surface area contributed by atoms with E-state index < -0.39 is 0 Å². The van der Waals surface area contributed by atoms with Crippen molar-refractivity contribution in [1.82, 2.24) is 15.6 Å². The van der Waals surface area contributed by atoms with Crippen molar-refractivity contribution in [2.75, 3.05) is 14.2 Å². The van der Waals surface area contributed by atoms with E-state index in [1.807, 2.05) is 20.0 Å². The lowest BCUT2D eigenvalue weighted by Gasteiger charge is -2.16. The topological polar surface area (TPSA) is 58.5 Å². The molecule has 0 unspecified atom stereocenters. The van der Waals surface area contributed by atoms with Crippen LogP contribution in [0.3, 0.4) is 0 Å². The first-order valence-corrected chi connectivity index (χ1v) is 8.46. The molecule has 0 saturated carbocycles. The zero-order valence-electron chi connectivity index (χ0n) is 16.0. The third-order valence-electron chi connectivity index (χ3n) is 4.34. The zero-order valence-corrected chi connectivity index (χ0v) is 16.0. The first-order chi connectivity index (χ1) is 12.0. The molecule has 1 aromatic heterocycles. The Labute approximate surface area is 150 Å². The Kier molecular flexibility index (Phi) is 6.39. The highest BCUT2D eigenvalue weighted by atomic mass is 16.5. The van der Waals surface area contributed by atoms with Crippen molar-refractivity contribution in [2.24, 2.45) is 4.99 Å². The van der Waals surface area contributed by atoms with E-state index in [1.165, 1.54) is 16.7 Å². The Morgan fingerprint density at radius 3 is 2.44 bits per heavy atom. The summed E-state index contributed by atoms with van der Waals surface area (Å²) in [5, 5.41) is 6.67. The Morgan fingerprint density at radius 2 is 1.80 bits per heavy atom. The van der Waals surface area contributed by atoms with Gasteiger partial charge in [-0.25, -0.2) is 0 Å². The summed E-state index contributed by atoms with van der Waals surface area (Å²) in [4.78, 5) is 8.80. The van der Waals surface area contributed by atoms with Crippen LogP contribution in [0.25, 0.3) is 0 Å². The second-order valence-electron chi connectivity index (χ2n) is 6.26. The number of benzene rings is 1. The van der Waals surface area contributed by atoms with E-state index in [0.29, 0.717) is 6.54 Å². The Bertz CT molecular complexity index is 769. The van der Waals surface area contributed by atoms with E-state index in [2.05, 4.69) is 52.7 Å². The maximum Gasteiger partial charge on any atom is 0.191 e. The summed E-state index contributed by atoms with van der Waals surface area (Å²) in [6, 6.07) is 6.48. The van der Waals surface area contributed by atoms with Gasteiger partial charge in [-0.3, -0.25) is 9.98 Å². The number of ether oxygens (including phenoxy) is 1. The fourth-order valence-corrected chi connectivity index (χ4v) is 2.86. The quantitative estimate of drug-likeness (QED) is 0.648. The minimum Gasteiger partial charge on any atom is -0.496 e. The maximum atomic E-state index is 5.46. The summed E-state index contributed by atoms with van der Waals surface area (Å²) >= 11 is 0. The second-order valence-corrected chi connectivity index (χ2v) is 6.26. The van der Waals surface area contributed by atoms with Gasteiger partial charge in [0, 0.05) is 30.9 Å². The molecule has 0 saturated heterocycles. The van der Waals surface area contributed by atoms with E-state index in [-0.39, 0.29) is 0 Å². The molecule has 134 valence electrons. The van der Waals surface area contributed by atoms with E-state index in [9.17, 15) is 0 Å². The zero-order chi connectivity index (χ0) is 18.4. The first-order valence-electron chi connectivity index (χ1n) is 8.46. The number of pyridine rings is 1. The van der Waals surface area contributed by atoms with Crippen molar-refractivity contribution < 1.29 is 4.74 Å². The summed E-state index contributed by atoms with van der Waals surface area (Å²) in [6.45, 7) is 9.59. The van der Waals surface area contributed by atoms with Crippen LogP contribution >= 0.6 is 0 Å². The highest BCUT2D eigenvalue weighted by molar-refractivity contribution is 5.79. The number of hydrogen-bond acceptors (Lipinski definition) is 3. The molecule has 5 nitrogen and oxygen atoms in total.